The predicted octanol–water partition coefficient (Wildman–Crippen LogP) is 4.25. The quantitative estimate of drug-likeness (QED) is 0.655. The van der Waals surface area contributed by atoms with Crippen LogP contribution in [0.15, 0.2) is 24.3 Å². The van der Waals surface area contributed by atoms with Gasteiger partial charge in [0.1, 0.15) is 0 Å². The fourth-order valence-electron chi connectivity index (χ4n) is 0.832. The van der Waals surface area contributed by atoms with Gasteiger partial charge in [-0.3, -0.25) is 0 Å². The van der Waals surface area contributed by atoms with Crippen molar-refractivity contribution in [2.24, 2.45) is 0 Å². The molecule has 1 aromatic rings. The van der Waals surface area contributed by atoms with Gasteiger partial charge in [0.05, 0.1) is 0 Å². The molecule has 0 aliphatic carbocycles. The minimum Gasteiger partial charge on any atom is -0.122 e. The average molecular weight is 222 g/mol. The third kappa shape index (κ3) is 2.41. The maximum absolute atomic E-state index is 5.89. The molecule has 1 rings (SSSR count). The molecule has 0 spiro atoms. The second-order valence-electron chi connectivity index (χ2n) is 2.19. The summed E-state index contributed by atoms with van der Waals surface area (Å²) in [4.78, 5) is 0. The molecule has 0 saturated carbocycles. The molecule has 0 heterocycles. The lowest BCUT2D eigenvalue weighted by Crippen LogP contribution is -1.76. The molecule has 0 aromatic heterocycles. The van der Waals surface area contributed by atoms with Gasteiger partial charge in [-0.1, -0.05) is 41.4 Å². The number of hydrogen-bond acceptors (Lipinski definition) is 0. The number of hydrogen-bond donors (Lipinski definition) is 0. The number of allylic oxidation sites excluding steroid dienone is 1. The zero-order chi connectivity index (χ0) is 8.97. The average Bonchev–Trinajstić information content (AvgIpc) is 2.04. The fraction of sp³-hybridized carbons (Fsp3) is 0.111. The Morgan fingerprint density at radius 3 is 2.25 bits per heavy atom. The molecule has 0 amide bonds. The Kier molecular flexibility index (Phi) is 3.93. The monoisotopic (exact) mass is 220 g/mol. The third-order valence-corrected chi connectivity index (χ3v) is 2.21. The number of halogens is 3. The molecule has 0 unspecified atom stereocenters. The van der Waals surface area contributed by atoms with Gasteiger partial charge >= 0.3 is 0 Å². The van der Waals surface area contributed by atoms with Gasteiger partial charge in [0.25, 0.3) is 0 Å². The van der Waals surface area contributed by atoms with Crippen molar-refractivity contribution >= 4 is 40.9 Å². The van der Waals surface area contributed by atoms with Crippen LogP contribution in [0.25, 0.3) is 6.08 Å². The van der Waals surface area contributed by atoms with Crippen molar-refractivity contribution in [3.63, 3.8) is 0 Å². The summed E-state index contributed by atoms with van der Waals surface area (Å²) in [6.45, 7) is 0. The fourth-order valence-corrected chi connectivity index (χ4v) is 1.44. The Morgan fingerprint density at radius 2 is 1.75 bits per heavy atom. The van der Waals surface area contributed by atoms with E-state index < -0.39 is 0 Å². The third-order valence-electron chi connectivity index (χ3n) is 1.37. The second kappa shape index (κ2) is 4.76. The van der Waals surface area contributed by atoms with Gasteiger partial charge in [0.2, 0.25) is 0 Å². The molecular formula is C9H7Cl3. The van der Waals surface area contributed by atoms with Crippen LogP contribution in [0.2, 0.25) is 10.0 Å². The maximum atomic E-state index is 5.89. The summed E-state index contributed by atoms with van der Waals surface area (Å²) < 4.78 is 0. The first-order chi connectivity index (χ1) is 5.75. The highest BCUT2D eigenvalue weighted by molar-refractivity contribution is 6.37. The minimum absolute atomic E-state index is 0.460. The van der Waals surface area contributed by atoms with Crippen molar-refractivity contribution in [2.45, 2.75) is 0 Å². The number of benzene rings is 1. The normalized spacial score (nSPS) is 10.9. The molecule has 0 saturated heterocycles. The number of alkyl halides is 1. The molecule has 0 aliphatic rings. The van der Waals surface area contributed by atoms with Crippen LogP contribution in [0.3, 0.4) is 0 Å². The highest BCUT2D eigenvalue weighted by Gasteiger charge is 1.99. The van der Waals surface area contributed by atoms with Gasteiger partial charge in [-0.2, -0.15) is 0 Å². The van der Waals surface area contributed by atoms with E-state index in [1.807, 2.05) is 12.1 Å². The summed E-state index contributed by atoms with van der Waals surface area (Å²) in [6, 6.07) is 5.39. The van der Waals surface area contributed by atoms with E-state index in [9.17, 15) is 0 Å². The first-order valence-electron chi connectivity index (χ1n) is 3.42. The van der Waals surface area contributed by atoms with Crippen molar-refractivity contribution in [1.82, 2.24) is 0 Å². The highest BCUT2D eigenvalue weighted by atomic mass is 35.5. The van der Waals surface area contributed by atoms with Crippen LogP contribution in [-0.2, 0) is 0 Å². The molecule has 0 atom stereocenters. The topological polar surface area (TPSA) is 0 Å². The standard InChI is InChI=1S/C9H7Cl3/c10-6-2-3-7-8(11)4-1-5-9(7)12/h1-5H,6H2. The van der Waals surface area contributed by atoms with Crippen molar-refractivity contribution in [3.05, 3.63) is 39.9 Å². The van der Waals surface area contributed by atoms with Crippen LogP contribution in [0.4, 0.5) is 0 Å². The number of rotatable bonds is 2. The molecule has 0 radical (unpaired) electrons. The Hall–Kier alpha value is -0.170. The smallest absolute Gasteiger partial charge is 0.0493 e. The van der Waals surface area contributed by atoms with Crippen molar-refractivity contribution in [3.8, 4) is 0 Å². The van der Waals surface area contributed by atoms with E-state index in [1.165, 1.54) is 0 Å². The molecule has 1 aromatic carbocycles. The van der Waals surface area contributed by atoms with Crippen molar-refractivity contribution in [1.29, 1.82) is 0 Å². The van der Waals surface area contributed by atoms with Crippen LogP contribution >= 0.6 is 34.8 Å². The molecule has 0 N–H and O–H groups in total. The van der Waals surface area contributed by atoms with Crippen molar-refractivity contribution in [2.75, 3.05) is 5.88 Å². The van der Waals surface area contributed by atoms with E-state index in [4.69, 9.17) is 34.8 Å². The predicted molar refractivity (Wildman–Crippen MR) is 56.2 cm³/mol. The Labute approximate surface area is 86.7 Å². The van der Waals surface area contributed by atoms with E-state index in [0.29, 0.717) is 15.9 Å². The second-order valence-corrected chi connectivity index (χ2v) is 3.32. The van der Waals surface area contributed by atoms with Gasteiger partial charge in [-0.05, 0) is 12.1 Å². The van der Waals surface area contributed by atoms with Crippen LogP contribution < -0.4 is 0 Å². The molecule has 12 heavy (non-hydrogen) atoms. The molecule has 3 heteroatoms. The van der Waals surface area contributed by atoms with Crippen LogP contribution in [0.1, 0.15) is 5.56 Å². The van der Waals surface area contributed by atoms with E-state index in [2.05, 4.69) is 0 Å². The highest BCUT2D eigenvalue weighted by Crippen LogP contribution is 2.25. The zero-order valence-corrected chi connectivity index (χ0v) is 8.50. The Balaban J connectivity index is 3.04. The van der Waals surface area contributed by atoms with Crippen LogP contribution in [0.5, 0.6) is 0 Å². The largest absolute Gasteiger partial charge is 0.122 e. The SMILES string of the molecule is ClCC=Cc1c(Cl)cccc1Cl. The van der Waals surface area contributed by atoms with Crippen LogP contribution in [0, 0.1) is 0 Å². The van der Waals surface area contributed by atoms with Gasteiger partial charge < -0.3 is 0 Å². The lowest BCUT2D eigenvalue weighted by Gasteiger charge is -1.99. The van der Waals surface area contributed by atoms with Crippen molar-refractivity contribution < 1.29 is 0 Å². The van der Waals surface area contributed by atoms with Crippen LogP contribution in [-0.4, -0.2) is 5.88 Å². The minimum atomic E-state index is 0.460. The molecule has 64 valence electrons. The van der Waals surface area contributed by atoms with E-state index in [-0.39, 0.29) is 0 Å². The summed E-state index contributed by atoms with van der Waals surface area (Å²) in [5.74, 6) is 0.460. The molecular weight excluding hydrogens is 214 g/mol. The van der Waals surface area contributed by atoms with Gasteiger partial charge in [0.15, 0.2) is 0 Å². The van der Waals surface area contributed by atoms with Gasteiger partial charge in [0, 0.05) is 21.5 Å². The summed E-state index contributed by atoms with van der Waals surface area (Å²) in [6.07, 6.45) is 3.62. The molecule has 0 aliphatic heterocycles. The molecule has 0 bridgehead atoms. The molecule has 0 fully saturated rings. The Morgan fingerprint density at radius 1 is 1.17 bits per heavy atom. The van der Waals surface area contributed by atoms with E-state index in [1.54, 1.807) is 18.2 Å². The maximum Gasteiger partial charge on any atom is 0.0493 e. The van der Waals surface area contributed by atoms with E-state index in [0.717, 1.165) is 5.56 Å². The van der Waals surface area contributed by atoms with Gasteiger partial charge in [-0.25, -0.2) is 0 Å². The zero-order valence-electron chi connectivity index (χ0n) is 6.23. The van der Waals surface area contributed by atoms with E-state index >= 15 is 0 Å². The first kappa shape index (κ1) is 9.91. The lowest BCUT2D eigenvalue weighted by molar-refractivity contribution is 1.64. The van der Waals surface area contributed by atoms with Gasteiger partial charge in [-0.15, -0.1) is 11.6 Å². The summed E-state index contributed by atoms with van der Waals surface area (Å²) in [5.41, 5.74) is 0.821. The Bertz CT molecular complexity index is 272. The molecule has 0 nitrogen and oxygen atoms in total. The summed E-state index contributed by atoms with van der Waals surface area (Å²) >= 11 is 17.3. The lowest BCUT2D eigenvalue weighted by atomic mass is 10.2. The first-order valence-corrected chi connectivity index (χ1v) is 4.71. The summed E-state index contributed by atoms with van der Waals surface area (Å²) in [7, 11) is 0. The summed E-state index contributed by atoms with van der Waals surface area (Å²) in [5, 5.41) is 1.28.